The monoisotopic (exact) mass is 178 g/mol. The first-order valence-corrected chi connectivity index (χ1v) is 4.62. The van der Waals surface area contributed by atoms with Crippen LogP contribution in [0.1, 0.15) is 20.3 Å². The Morgan fingerprint density at radius 3 is 2.55 bits per heavy atom. The second kappa shape index (κ2) is 4.62. The van der Waals surface area contributed by atoms with Crippen molar-refractivity contribution in [3.8, 4) is 0 Å². The smallest absolute Gasteiger partial charge is 0.367 e. The van der Waals surface area contributed by atoms with Crippen molar-refractivity contribution in [2.24, 2.45) is 0 Å². The summed E-state index contributed by atoms with van der Waals surface area (Å²) in [7, 11) is 0. The first-order chi connectivity index (χ1) is 5.02. The molecule has 4 heteroatoms. The van der Waals surface area contributed by atoms with Crippen molar-refractivity contribution in [3.63, 3.8) is 0 Å². The van der Waals surface area contributed by atoms with Gasteiger partial charge < -0.3 is 9.84 Å². The van der Waals surface area contributed by atoms with E-state index >= 15 is 0 Å². The maximum atomic E-state index is 10.8. The van der Waals surface area contributed by atoms with Gasteiger partial charge in [-0.1, -0.05) is 0 Å². The van der Waals surface area contributed by atoms with Crippen molar-refractivity contribution < 1.29 is 14.6 Å². The summed E-state index contributed by atoms with van der Waals surface area (Å²) < 4.78 is 4.99. The first-order valence-electron chi connectivity index (χ1n) is 3.39. The molecule has 0 unspecified atom stereocenters. The standard InChI is InChI=1S/C7H14O3S/c1-7(2,4-5-8)10-6(9)11-3/h8H,4-5H2,1-3H3. The summed E-state index contributed by atoms with van der Waals surface area (Å²) >= 11 is 1.03. The Labute approximate surface area is 71.1 Å². The molecule has 0 aliphatic heterocycles. The molecule has 0 heterocycles. The molecule has 0 aromatic carbocycles. The van der Waals surface area contributed by atoms with E-state index in [0.717, 1.165) is 11.8 Å². The minimum atomic E-state index is -0.547. The van der Waals surface area contributed by atoms with Crippen LogP contribution in [-0.2, 0) is 4.74 Å². The molecule has 0 amide bonds. The average molecular weight is 178 g/mol. The van der Waals surface area contributed by atoms with Gasteiger partial charge in [-0.25, -0.2) is 4.79 Å². The van der Waals surface area contributed by atoms with Crippen LogP contribution < -0.4 is 0 Å². The number of hydrogen-bond acceptors (Lipinski definition) is 4. The first kappa shape index (κ1) is 10.8. The molecule has 3 nitrogen and oxygen atoms in total. The van der Waals surface area contributed by atoms with Crippen LogP contribution in [0.5, 0.6) is 0 Å². The van der Waals surface area contributed by atoms with Gasteiger partial charge in [0.15, 0.2) is 0 Å². The maximum absolute atomic E-state index is 10.8. The molecule has 0 saturated heterocycles. The summed E-state index contributed by atoms with van der Waals surface area (Å²) in [5.41, 5.74) is -0.547. The second-order valence-electron chi connectivity index (χ2n) is 2.79. The summed E-state index contributed by atoms with van der Waals surface area (Å²) in [4.78, 5) is 10.8. The fraction of sp³-hybridized carbons (Fsp3) is 0.857. The number of hydrogen-bond donors (Lipinski definition) is 1. The van der Waals surface area contributed by atoms with Gasteiger partial charge in [0.05, 0.1) is 0 Å². The fourth-order valence-electron chi connectivity index (χ4n) is 0.588. The van der Waals surface area contributed by atoms with Crippen LogP contribution in [-0.4, -0.2) is 28.9 Å². The van der Waals surface area contributed by atoms with Gasteiger partial charge in [0, 0.05) is 13.0 Å². The van der Waals surface area contributed by atoms with E-state index in [0.29, 0.717) is 6.42 Å². The van der Waals surface area contributed by atoms with E-state index in [9.17, 15) is 4.79 Å². The summed E-state index contributed by atoms with van der Waals surface area (Å²) in [5.74, 6) is 0. The lowest BCUT2D eigenvalue weighted by Crippen LogP contribution is -2.27. The highest BCUT2D eigenvalue weighted by molar-refractivity contribution is 8.12. The van der Waals surface area contributed by atoms with Gasteiger partial charge in [-0.05, 0) is 31.9 Å². The number of carbonyl (C=O) groups is 1. The van der Waals surface area contributed by atoms with Crippen molar-refractivity contribution in [2.75, 3.05) is 12.9 Å². The molecule has 0 aromatic heterocycles. The summed E-state index contributed by atoms with van der Waals surface area (Å²) in [6.45, 7) is 3.59. The third kappa shape index (κ3) is 5.09. The molecule has 0 aromatic rings. The molecule has 0 saturated carbocycles. The predicted octanol–water partition coefficient (Wildman–Crippen LogP) is 1.65. The Kier molecular flexibility index (Phi) is 4.52. The fourth-order valence-corrected chi connectivity index (χ4v) is 0.896. The van der Waals surface area contributed by atoms with Crippen LogP contribution in [0.2, 0.25) is 0 Å². The predicted molar refractivity (Wildman–Crippen MR) is 45.8 cm³/mol. The molecule has 0 rings (SSSR count). The van der Waals surface area contributed by atoms with Crippen molar-refractivity contribution >= 4 is 17.1 Å². The van der Waals surface area contributed by atoms with E-state index in [-0.39, 0.29) is 11.9 Å². The minimum absolute atomic E-state index is 0.0364. The molecule has 0 atom stereocenters. The van der Waals surface area contributed by atoms with Crippen molar-refractivity contribution in [1.82, 2.24) is 0 Å². The Morgan fingerprint density at radius 2 is 2.18 bits per heavy atom. The van der Waals surface area contributed by atoms with Crippen molar-refractivity contribution in [2.45, 2.75) is 25.9 Å². The molecular weight excluding hydrogens is 164 g/mol. The van der Waals surface area contributed by atoms with Gasteiger partial charge in [0.1, 0.15) is 5.60 Å². The van der Waals surface area contributed by atoms with E-state index in [4.69, 9.17) is 9.84 Å². The zero-order chi connectivity index (χ0) is 8.91. The number of aliphatic hydroxyl groups excluding tert-OH is 1. The largest absolute Gasteiger partial charge is 0.451 e. The van der Waals surface area contributed by atoms with Gasteiger partial charge in [-0.2, -0.15) is 0 Å². The highest BCUT2D eigenvalue weighted by Crippen LogP contribution is 2.17. The number of rotatable bonds is 3. The van der Waals surface area contributed by atoms with Gasteiger partial charge in [-0.3, -0.25) is 0 Å². The number of carbonyl (C=O) groups excluding carboxylic acids is 1. The van der Waals surface area contributed by atoms with E-state index in [1.165, 1.54) is 0 Å². The van der Waals surface area contributed by atoms with Crippen LogP contribution in [0.25, 0.3) is 0 Å². The molecule has 0 aliphatic carbocycles. The third-order valence-corrected chi connectivity index (χ3v) is 1.66. The highest BCUT2D eigenvalue weighted by Gasteiger charge is 2.21. The van der Waals surface area contributed by atoms with E-state index in [2.05, 4.69) is 0 Å². The van der Waals surface area contributed by atoms with E-state index in [1.54, 1.807) is 20.1 Å². The van der Waals surface area contributed by atoms with E-state index < -0.39 is 5.60 Å². The molecule has 11 heavy (non-hydrogen) atoms. The lowest BCUT2D eigenvalue weighted by molar-refractivity contribution is 0.0376. The van der Waals surface area contributed by atoms with Gasteiger partial charge in [0.25, 0.3) is 0 Å². The van der Waals surface area contributed by atoms with Gasteiger partial charge >= 0.3 is 5.30 Å². The lowest BCUT2D eigenvalue weighted by atomic mass is 10.1. The molecule has 0 fully saturated rings. The number of aliphatic hydroxyl groups is 1. The molecule has 0 spiro atoms. The van der Waals surface area contributed by atoms with Crippen LogP contribution in [0, 0.1) is 0 Å². The Balaban J connectivity index is 3.80. The summed E-state index contributed by atoms with van der Waals surface area (Å²) in [6.07, 6.45) is 2.14. The Bertz CT molecular complexity index is 134. The quantitative estimate of drug-likeness (QED) is 0.667. The van der Waals surface area contributed by atoms with E-state index in [1.807, 2.05) is 0 Å². The minimum Gasteiger partial charge on any atom is -0.451 e. The molecule has 66 valence electrons. The molecule has 0 radical (unpaired) electrons. The van der Waals surface area contributed by atoms with Gasteiger partial charge in [-0.15, -0.1) is 0 Å². The third-order valence-electron chi connectivity index (χ3n) is 1.24. The normalized spacial score (nSPS) is 11.3. The second-order valence-corrected chi connectivity index (χ2v) is 3.53. The average Bonchev–Trinajstić information content (AvgIpc) is 1.86. The number of thioether (sulfide) groups is 1. The molecule has 1 N–H and O–H groups in total. The van der Waals surface area contributed by atoms with Crippen LogP contribution in [0.4, 0.5) is 4.79 Å². The van der Waals surface area contributed by atoms with Crippen LogP contribution in [0.15, 0.2) is 0 Å². The molecule has 0 bridgehead atoms. The van der Waals surface area contributed by atoms with Crippen molar-refractivity contribution in [3.05, 3.63) is 0 Å². The topological polar surface area (TPSA) is 46.5 Å². The Morgan fingerprint density at radius 1 is 1.64 bits per heavy atom. The Hall–Kier alpha value is -0.220. The highest BCUT2D eigenvalue weighted by atomic mass is 32.2. The molecular formula is C7H14O3S. The van der Waals surface area contributed by atoms with Crippen molar-refractivity contribution in [1.29, 1.82) is 0 Å². The zero-order valence-electron chi connectivity index (χ0n) is 7.09. The number of ether oxygens (including phenoxy) is 1. The van der Waals surface area contributed by atoms with Gasteiger partial charge in [0.2, 0.25) is 0 Å². The van der Waals surface area contributed by atoms with Crippen LogP contribution in [0.3, 0.4) is 0 Å². The summed E-state index contributed by atoms with van der Waals surface area (Å²) in [6, 6.07) is 0. The molecule has 0 aliphatic rings. The lowest BCUT2D eigenvalue weighted by Gasteiger charge is -2.23. The summed E-state index contributed by atoms with van der Waals surface area (Å²) in [5, 5.41) is 8.29. The van der Waals surface area contributed by atoms with Crippen LogP contribution >= 0.6 is 11.8 Å². The SMILES string of the molecule is CSC(=O)OC(C)(C)CCO. The zero-order valence-corrected chi connectivity index (χ0v) is 7.90. The maximum Gasteiger partial charge on any atom is 0.367 e.